The van der Waals surface area contributed by atoms with Crippen LogP contribution < -0.4 is 5.32 Å². The first-order valence-corrected chi connectivity index (χ1v) is 6.21. The van der Waals surface area contributed by atoms with Crippen LogP contribution in [0.25, 0.3) is 0 Å². The largest absolute Gasteiger partial charge is 0.396 e. The summed E-state index contributed by atoms with van der Waals surface area (Å²) in [4.78, 5) is 13.8. The van der Waals surface area contributed by atoms with Crippen LogP contribution in [0.5, 0.6) is 0 Å². The van der Waals surface area contributed by atoms with Crippen LogP contribution in [0.15, 0.2) is 0 Å². The lowest BCUT2D eigenvalue weighted by atomic mass is 9.95. The van der Waals surface area contributed by atoms with E-state index < -0.39 is 0 Å². The van der Waals surface area contributed by atoms with Gasteiger partial charge in [0.15, 0.2) is 0 Å². The van der Waals surface area contributed by atoms with Gasteiger partial charge in [-0.2, -0.15) is 0 Å². The molecule has 0 saturated carbocycles. The lowest BCUT2D eigenvalue weighted by Crippen LogP contribution is -2.40. The maximum absolute atomic E-state index is 11.6. The van der Waals surface area contributed by atoms with Crippen LogP contribution >= 0.6 is 0 Å². The smallest absolute Gasteiger partial charge is 0.221 e. The molecule has 0 spiro atoms. The van der Waals surface area contributed by atoms with E-state index in [9.17, 15) is 4.79 Å². The SMILES string of the molecule is CC(C)(CO)CNC(=O)CCN1CCOCC1. The molecule has 0 aromatic carbocycles. The highest BCUT2D eigenvalue weighted by Gasteiger charge is 2.18. The summed E-state index contributed by atoms with van der Waals surface area (Å²) in [6.07, 6.45) is 0.515. The summed E-state index contributed by atoms with van der Waals surface area (Å²) in [6.45, 7) is 8.59. The minimum Gasteiger partial charge on any atom is -0.396 e. The average molecular weight is 244 g/mol. The molecule has 5 nitrogen and oxygen atoms in total. The predicted octanol–water partition coefficient (Wildman–Crippen LogP) is -0.157. The van der Waals surface area contributed by atoms with Crippen LogP contribution in [-0.2, 0) is 9.53 Å². The minimum absolute atomic E-state index is 0.0537. The maximum Gasteiger partial charge on any atom is 0.221 e. The fourth-order valence-electron chi connectivity index (χ4n) is 1.57. The summed E-state index contributed by atoms with van der Waals surface area (Å²) in [7, 11) is 0. The lowest BCUT2D eigenvalue weighted by molar-refractivity contribution is -0.122. The third kappa shape index (κ3) is 6.00. The molecule has 1 saturated heterocycles. The van der Waals surface area contributed by atoms with Crippen molar-refractivity contribution in [3.05, 3.63) is 0 Å². The number of carbonyl (C=O) groups is 1. The Kier molecular flexibility index (Phi) is 5.88. The van der Waals surface area contributed by atoms with Gasteiger partial charge in [-0.3, -0.25) is 9.69 Å². The van der Waals surface area contributed by atoms with Crippen molar-refractivity contribution in [2.75, 3.05) is 46.0 Å². The number of ether oxygens (including phenoxy) is 1. The number of aliphatic hydroxyl groups excluding tert-OH is 1. The van der Waals surface area contributed by atoms with Crippen molar-refractivity contribution in [2.45, 2.75) is 20.3 Å². The molecule has 0 bridgehead atoms. The molecule has 1 amide bonds. The molecular formula is C12H24N2O3. The van der Waals surface area contributed by atoms with Gasteiger partial charge in [0.2, 0.25) is 5.91 Å². The van der Waals surface area contributed by atoms with E-state index in [0.29, 0.717) is 13.0 Å². The highest BCUT2D eigenvalue weighted by atomic mass is 16.5. The molecule has 1 aliphatic rings. The van der Waals surface area contributed by atoms with Gasteiger partial charge in [0, 0.05) is 44.6 Å². The molecule has 0 unspecified atom stereocenters. The van der Waals surface area contributed by atoms with Gasteiger partial charge in [0.05, 0.1) is 13.2 Å². The summed E-state index contributed by atoms with van der Waals surface area (Å²) in [5.41, 5.74) is -0.241. The third-order valence-electron chi connectivity index (χ3n) is 2.95. The summed E-state index contributed by atoms with van der Waals surface area (Å²) < 4.78 is 5.24. The van der Waals surface area contributed by atoms with E-state index in [1.54, 1.807) is 0 Å². The molecule has 5 heteroatoms. The number of nitrogens with one attached hydrogen (secondary N) is 1. The van der Waals surface area contributed by atoms with Crippen molar-refractivity contribution >= 4 is 5.91 Å². The molecule has 17 heavy (non-hydrogen) atoms. The van der Waals surface area contributed by atoms with Crippen LogP contribution in [0.3, 0.4) is 0 Å². The predicted molar refractivity (Wildman–Crippen MR) is 65.8 cm³/mol. The zero-order valence-corrected chi connectivity index (χ0v) is 10.9. The zero-order valence-electron chi connectivity index (χ0n) is 10.9. The molecule has 1 fully saturated rings. The Bertz CT molecular complexity index is 238. The van der Waals surface area contributed by atoms with E-state index in [4.69, 9.17) is 9.84 Å². The number of aliphatic hydroxyl groups is 1. The second kappa shape index (κ2) is 6.93. The average Bonchev–Trinajstić information content (AvgIpc) is 2.35. The minimum atomic E-state index is -0.241. The molecule has 0 aromatic rings. The maximum atomic E-state index is 11.6. The highest BCUT2D eigenvalue weighted by molar-refractivity contribution is 5.76. The molecule has 0 aliphatic carbocycles. The Morgan fingerprint density at radius 3 is 2.65 bits per heavy atom. The summed E-state index contributed by atoms with van der Waals surface area (Å²) in [6, 6.07) is 0. The van der Waals surface area contributed by atoms with Crippen LogP contribution in [0.2, 0.25) is 0 Å². The number of carbonyl (C=O) groups excluding carboxylic acids is 1. The third-order valence-corrected chi connectivity index (χ3v) is 2.95. The normalized spacial score (nSPS) is 18.1. The fraction of sp³-hybridized carbons (Fsp3) is 0.917. The highest BCUT2D eigenvalue weighted by Crippen LogP contribution is 2.11. The molecule has 0 atom stereocenters. The van der Waals surface area contributed by atoms with Crippen molar-refractivity contribution in [2.24, 2.45) is 5.41 Å². The Hall–Kier alpha value is -0.650. The van der Waals surface area contributed by atoms with Gasteiger partial charge in [-0.1, -0.05) is 13.8 Å². The number of rotatable bonds is 6. The number of amides is 1. The second-order valence-corrected chi connectivity index (χ2v) is 5.30. The van der Waals surface area contributed by atoms with E-state index in [1.165, 1.54) is 0 Å². The van der Waals surface area contributed by atoms with Crippen molar-refractivity contribution < 1.29 is 14.6 Å². The first-order chi connectivity index (χ1) is 8.03. The Labute approximate surface area is 103 Å². The molecule has 0 aromatic heterocycles. The topological polar surface area (TPSA) is 61.8 Å². The van der Waals surface area contributed by atoms with Crippen LogP contribution in [0, 0.1) is 5.41 Å². The van der Waals surface area contributed by atoms with Gasteiger partial charge in [-0.15, -0.1) is 0 Å². The Morgan fingerprint density at radius 2 is 2.06 bits per heavy atom. The van der Waals surface area contributed by atoms with Crippen LogP contribution in [0.1, 0.15) is 20.3 Å². The number of hydrogen-bond donors (Lipinski definition) is 2. The van der Waals surface area contributed by atoms with Gasteiger partial charge in [0.1, 0.15) is 0 Å². The molecule has 1 rings (SSSR count). The van der Waals surface area contributed by atoms with Crippen molar-refractivity contribution in [3.63, 3.8) is 0 Å². The summed E-state index contributed by atoms with van der Waals surface area (Å²) in [5.74, 6) is 0.0537. The standard InChI is InChI=1S/C12H24N2O3/c1-12(2,10-15)9-13-11(16)3-4-14-5-7-17-8-6-14/h15H,3-10H2,1-2H3,(H,13,16). The molecular weight excluding hydrogens is 220 g/mol. The molecule has 100 valence electrons. The first-order valence-electron chi connectivity index (χ1n) is 6.21. The van der Waals surface area contributed by atoms with E-state index in [0.717, 1.165) is 32.8 Å². The fourth-order valence-corrected chi connectivity index (χ4v) is 1.57. The van der Waals surface area contributed by atoms with Crippen molar-refractivity contribution in [1.82, 2.24) is 10.2 Å². The second-order valence-electron chi connectivity index (χ2n) is 5.30. The number of morpholine rings is 1. The molecule has 2 N–H and O–H groups in total. The van der Waals surface area contributed by atoms with Gasteiger partial charge < -0.3 is 15.2 Å². The van der Waals surface area contributed by atoms with Crippen LogP contribution in [-0.4, -0.2) is 61.9 Å². The van der Waals surface area contributed by atoms with Crippen LogP contribution in [0.4, 0.5) is 0 Å². The van der Waals surface area contributed by atoms with Gasteiger partial charge in [0.25, 0.3) is 0 Å². The monoisotopic (exact) mass is 244 g/mol. The summed E-state index contributed by atoms with van der Waals surface area (Å²) in [5, 5.41) is 11.9. The van der Waals surface area contributed by atoms with Gasteiger partial charge in [-0.25, -0.2) is 0 Å². The first kappa shape index (κ1) is 14.4. The summed E-state index contributed by atoms with van der Waals surface area (Å²) >= 11 is 0. The lowest BCUT2D eigenvalue weighted by Gasteiger charge is -2.26. The quantitative estimate of drug-likeness (QED) is 0.682. The Balaban J connectivity index is 2.12. The zero-order chi connectivity index (χ0) is 12.7. The molecule has 0 radical (unpaired) electrons. The van der Waals surface area contributed by atoms with E-state index in [-0.39, 0.29) is 17.9 Å². The molecule has 1 heterocycles. The Morgan fingerprint density at radius 1 is 1.41 bits per heavy atom. The van der Waals surface area contributed by atoms with Crippen molar-refractivity contribution in [1.29, 1.82) is 0 Å². The van der Waals surface area contributed by atoms with Gasteiger partial charge >= 0.3 is 0 Å². The van der Waals surface area contributed by atoms with E-state index in [1.807, 2.05) is 13.8 Å². The van der Waals surface area contributed by atoms with Crippen molar-refractivity contribution in [3.8, 4) is 0 Å². The van der Waals surface area contributed by atoms with E-state index >= 15 is 0 Å². The number of nitrogens with zero attached hydrogens (tertiary/aromatic N) is 1. The molecule has 1 aliphatic heterocycles. The number of hydrogen-bond acceptors (Lipinski definition) is 4. The van der Waals surface area contributed by atoms with Gasteiger partial charge in [-0.05, 0) is 0 Å². The van der Waals surface area contributed by atoms with E-state index in [2.05, 4.69) is 10.2 Å².